The van der Waals surface area contributed by atoms with E-state index in [2.05, 4.69) is 28.7 Å². The SMILES string of the molecule is CCNC(Cc1nccn1CC)c1ccc(F)c(OC)c1. The van der Waals surface area contributed by atoms with E-state index in [1.807, 2.05) is 12.4 Å². The van der Waals surface area contributed by atoms with Gasteiger partial charge in [-0.2, -0.15) is 0 Å². The predicted octanol–water partition coefficient (Wildman–Crippen LogP) is 2.94. The zero-order chi connectivity index (χ0) is 15.2. The highest BCUT2D eigenvalue weighted by atomic mass is 19.1. The average Bonchev–Trinajstić information content (AvgIpc) is 2.94. The number of nitrogens with one attached hydrogen (secondary N) is 1. The third kappa shape index (κ3) is 3.61. The molecule has 1 atom stereocenters. The number of hydrogen-bond donors (Lipinski definition) is 1. The average molecular weight is 291 g/mol. The Morgan fingerprint density at radius 3 is 2.86 bits per heavy atom. The van der Waals surface area contributed by atoms with Crippen LogP contribution in [0, 0.1) is 5.82 Å². The minimum atomic E-state index is -0.341. The molecule has 0 aliphatic carbocycles. The molecular weight excluding hydrogens is 269 g/mol. The van der Waals surface area contributed by atoms with Crippen molar-refractivity contribution in [1.82, 2.24) is 14.9 Å². The Labute approximate surface area is 125 Å². The lowest BCUT2D eigenvalue weighted by atomic mass is 10.0. The maximum Gasteiger partial charge on any atom is 0.165 e. The van der Waals surface area contributed by atoms with E-state index in [4.69, 9.17) is 4.74 Å². The van der Waals surface area contributed by atoms with Crippen LogP contribution in [0.1, 0.15) is 31.3 Å². The molecule has 0 aliphatic rings. The second-order valence-electron chi connectivity index (χ2n) is 4.84. The summed E-state index contributed by atoms with van der Waals surface area (Å²) in [4.78, 5) is 4.41. The van der Waals surface area contributed by atoms with E-state index in [0.717, 1.165) is 30.9 Å². The highest BCUT2D eigenvalue weighted by Crippen LogP contribution is 2.24. The van der Waals surface area contributed by atoms with Gasteiger partial charge in [-0.15, -0.1) is 0 Å². The Morgan fingerprint density at radius 2 is 2.19 bits per heavy atom. The highest BCUT2D eigenvalue weighted by molar-refractivity contribution is 5.32. The zero-order valence-electron chi connectivity index (χ0n) is 12.8. The summed E-state index contributed by atoms with van der Waals surface area (Å²) in [6.45, 7) is 5.87. The number of imidazole rings is 1. The van der Waals surface area contributed by atoms with Gasteiger partial charge in [0.2, 0.25) is 0 Å². The molecule has 1 aromatic heterocycles. The van der Waals surface area contributed by atoms with Gasteiger partial charge in [0.15, 0.2) is 11.6 Å². The van der Waals surface area contributed by atoms with Gasteiger partial charge in [-0.1, -0.05) is 13.0 Å². The van der Waals surface area contributed by atoms with Crippen molar-refractivity contribution in [3.63, 3.8) is 0 Å². The molecule has 1 aromatic carbocycles. The molecule has 4 nitrogen and oxygen atoms in total. The van der Waals surface area contributed by atoms with Crippen molar-refractivity contribution in [3.05, 3.63) is 47.8 Å². The van der Waals surface area contributed by atoms with Crippen LogP contribution in [0.15, 0.2) is 30.6 Å². The van der Waals surface area contributed by atoms with Crippen LogP contribution in [0.4, 0.5) is 4.39 Å². The second kappa shape index (κ2) is 7.22. The van der Waals surface area contributed by atoms with Crippen LogP contribution < -0.4 is 10.1 Å². The number of benzene rings is 1. The molecule has 114 valence electrons. The van der Waals surface area contributed by atoms with E-state index >= 15 is 0 Å². The largest absolute Gasteiger partial charge is 0.494 e. The summed E-state index contributed by atoms with van der Waals surface area (Å²) in [5.41, 5.74) is 1.00. The van der Waals surface area contributed by atoms with E-state index in [9.17, 15) is 4.39 Å². The van der Waals surface area contributed by atoms with Gasteiger partial charge >= 0.3 is 0 Å². The van der Waals surface area contributed by atoms with Gasteiger partial charge in [-0.3, -0.25) is 0 Å². The number of likely N-dealkylation sites (N-methyl/N-ethyl adjacent to an activating group) is 1. The quantitative estimate of drug-likeness (QED) is 0.852. The Bertz CT molecular complexity index is 583. The monoisotopic (exact) mass is 291 g/mol. The fourth-order valence-electron chi connectivity index (χ4n) is 2.45. The van der Waals surface area contributed by atoms with Crippen molar-refractivity contribution < 1.29 is 9.13 Å². The fourth-order valence-corrected chi connectivity index (χ4v) is 2.45. The molecule has 0 saturated heterocycles. The Balaban J connectivity index is 2.26. The van der Waals surface area contributed by atoms with Crippen molar-refractivity contribution in [3.8, 4) is 5.75 Å². The molecule has 21 heavy (non-hydrogen) atoms. The molecule has 1 heterocycles. The molecule has 0 radical (unpaired) electrons. The van der Waals surface area contributed by atoms with Crippen LogP contribution in [-0.2, 0) is 13.0 Å². The predicted molar refractivity (Wildman–Crippen MR) is 81.0 cm³/mol. The summed E-state index contributed by atoms with van der Waals surface area (Å²) < 4.78 is 20.7. The normalized spacial score (nSPS) is 12.4. The molecule has 1 unspecified atom stereocenters. The highest BCUT2D eigenvalue weighted by Gasteiger charge is 2.16. The van der Waals surface area contributed by atoms with Gasteiger partial charge in [-0.25, -0.2) is 9.37 Å². The number of aryl methyl sites for hydroxylation is 1. The number of nitrogens with zero attached hydrogens (tertiary/aromatic N) is 2. The van der Waals surface area contributed by atoms with Crippen molar-refractivity contribution in [1.29, 1.82) is 0 Å². The molecule has 0 aliphatic heterocycles. The summed E-state index contributed by atoms with van der Waals surface area (Å²) in [6, 6.07) is 5.08. The third-order valence-corrected chi connectivity index (χ3v) is 3.56. The van der Waals surface area contributed by atoms with Crippen LogP contribution in [0.25, 0.3) is 0 Å². The van der Waals surface area contributed by atoms with Gasteiger partial charge in [0.05, 0.1) is 7.11 Å². The minimum absolute atomic E-state index is 0.0807. The first-order chi connectivity index (χ1) is 10.2. The number of methoxy groups -OCH3 is 1. The standard InChI is InChI=1S/C16H22FN3O/c1-4-18-14(11-16-19-8-9-20(16)5-2)12-6-7-13(17)15(10-12)21-3/h6-10,14,18H,4-5,11H2,1-3H3. The van der Waals surface area contributed by atoms with Crippen molar-refractivity contribution >= 4 is 0 Å². The Kier molecular flexibility index (Phi) is 5.33. The van der Waals surface area contributed by atoms with Crippen LogP contribution in [0.3, 0.4) is 0 Å². The molecule has 0 amide bonds. The van der Waals surface area contributed by atoms with Crippen LogP contribution in [0.2, 0.25) is 0 Å². The van der Waals surface area contributed by atoms with Crippen LogP contribution >= 0.6 is 0 Å². The van der Waals surface area contributed by atoms with Crippen molar-refractivity contribution in [2.75, 3.05) is 13.7 Å². The maximum absolute atomic E-state index is 13.6. The molecule has 0 fully saturated rings. The Hall–Kier alpha value is -1.88. The van der Waals surface area contributed by atoms with E-state index in [-0.39, 0.29) is 17.6 Å². The molecule has 2 aromatic rings. The topological polar surface area (TPSA) is 39.1 Å². The maximum atomic E-state index is 13.6. The van der Waals surface area contributed by atoms with E-state index in [1.54, 1.807) is 12.1 Å². The third-order valence-electron chi connectivity index (χ3n) is 3.56. The van der Waals surface area contributed by atoms with E-state index < -0.39 is 0 Å². The molecular formula is C16H22FN3O. The minimum Gasteiger partial charge on any atom is -0.494 e. The summed E-state index contributed by atoms with van der Waals surface area (Å²) in [5, 5.41) is 3.43. The molecule has 5 heteroatoms. The van der Waals surface area contributed by atoms with Gasteiger partial charge < -0.3 is 14.6 Å². The zero-order valence-corrected chi connectivity index (χ0v) is 12.8. The molecule has 0 bridgehead atoms. The fraction of sp³-hybridized carbons (Fsp3) is 0.438. The Morgan fingerprint density at radius 1 is 1.38 bits per heavy atom. The number of rotatable bonds is 7. The molecule has 2 rings (SSSR count). The lowest BCUT2D eigenvalue weighted by molar-refractivity contribution is 0.384. The number of hydrogen-bond acceptors (Lipinski definition) is 3. The smallest absolute Gasteiger partial charge is 0.165 e. The van der Waals surface area contributed by atoms with Crippen molar-refractivity contribution in [2.45, 2.75) is 32.9 Å². The lowest BCUT2D eigenvalue weighted by Crippen LogP contribution is -2.24. The van der Waals surface area contributed by atoms with Crippen LogP contribution in [0.5, 0.6) is 5.75 Å². The van der Waals surface area contributed by atoms with Crippen molar-refractivity contribution in [2.24, 2.45) is 0 Å². The van der Waals surface area contributed by atoms with Crippen LogP contribution in [-0.4, -0.2) is 23.2 Å². The second-order valence-corrected chi connectivity index (χ2v) is 4.84. The summed E-state index contributed by atoms with van der Waals surface area (Å²) in [5.74, 6) is 0.951. The summed E-state index contributed by atoms with van der Waals surface area (Å²) in [7, 11) is 1.48. The van der Waals surface area contributed by atoms with Gasteiger partial charge in [-0.05, 0) is 31.2 Å². The first kappa shape index (κ1) is 15.5. The number of aromatic nitrogens is 2. The van der Waals surface area contributed by atoms with Gasteiger partial charge in [0, 0.05) is 31.4 Å². The van der Waals surface area contributed by atoms with E-state index in [0.29, 0.717) is 0 Å². The van der Waals surface area contributed by atoms with Gasteiger partial charge in [0.1, 0.15) is 5.82 Å². The van der Waals surface area contributed by atoms with Gasteiger partial charge in [0.25, 0.3) is 0 Å². The number of ether oxygens (including phenoxy) is 1. The summed E-state index contributed by atoms with van der Waals surface area (Å²) in [6.07, 6.45) is 4.54. The first-order valence-corrected chi connectivity index (χ1v) is 7.26. The van der Waals surface area contributed by atoms with E-state index in [1.165, 1.54) is 13.2 Å². The first-order valence-electron chi connectivity index (χ1n) is 7.26. The summed E-state index contributed by atoms with van der Waals surface area (Å²) >= 11 is 0. The number of halogens is 1. The lowest BCUT2D eigenvalue weighted by Gasteiger charge is -2.19. The molecule has 1 N–H and O–H groups in total. The molecule has 0 saturated carbocycles. The molecule has 0 spiro atoms.